The molecular formula is C20H25N3O2. The van der Waals surface area contributed by atoms with Gasteiger partial charge in [0.05, 0.1) is 5.69 Å². The molecule has 5 heteroatoms. The van der Waals surface area contributed by atoms with Crippen LogP contribution >= 0.6 is 0 Å². The van der Waals surface area contributed by atoms with E-state index in [1.165, 1.54) is 5.56 Å². The van der Waals surface area contributed by atoms with Crippen molar-refractivity contribution in [3.05, 3.63) is 59.9 Å². The molecule has 0 unspecified atom stereocenters. The first-order chi connectivity index (χ1) is 12.2. The van der Waals surface area contributed by atoms with Crippen LogP contribution in [0.1, 0.15) is 31.0 Å². The van der Waals surface area contributed by atoms with Crippen LogP contribution in [-0.4, -0.2) is 34.9 Å². The van der Waals surface area contributed by atoms with E-state index in [0.29, 0.717) is 6.61 Å². The number of pyridine rings is 1. The molecule has 0 radical (unpaired) electrons. The van der Waals surface area contributed by atoms with Crippen LogP contribution in [0.25, 0.3) is 0 Å². The number of hydrogen-bond donors (Lipinski definition) is 1. The molecule has 0 bridgehead atoms. The fraction of sp³-hybridized carbons (Fsp3) is 0.400. The van der Waals surface area contributed by atoms with Crippen molar-refractivity contribution in [2.45, 2.75) is 39.0 Å². The van der Waals surface area contributed by atoms with Crippen LogP contribution in [0.3, 0.4) is 0 Å². The van der Waals surface area contributed by atoms with E-state index in [0.717, 1.165) is 43.9 Å². The molecule has 0 spiro atoms. The Labute approximate surface area is 149 Å². The number of nitrogens with zero attached hydrogens (tertiary/aromatic N) is 2. The fourth-order valence-electron chi connectivity index (χ4n) is 3.19. The van der Waals surface area contributed by atoms with Crippen LogP contribution in [-0.2, 0) is 17.9 Å². The summed E-state index contributed by atoms with van der Waals surface area (Å²) in [6, 6.07) is 14.3. The van der Waals surface area contributed by atoms with E-state index < -0.39 is 0 Å². The second-order valence-electron chi connectivity index (χ2n) is 6.53. The van der Waals surface area contributed by atoms with Gasteiger partial charge in [-0.25, -0.2) is 0 Å². The number of amides is 1. The summed E-state index contributed by atoms with van der Waals surface area (Å²) in [6.45, 7) is 4.95. The third-order valence-corrected chi connectivity index (χ3v) is 4.36. The first kappa shape index (κ1) is 17.4. The number of aromatic nitrogens is 1. The van der Waals surface area contributed by atoms with E-state index in [-0.39, 0.29) is 11.9 Å². The van der Waals surface area contributed by atoms with Gasteiger partial charge in [-0.05, 0) is 49.2 Å². The molecule has 1 amide bonds. The molecule has 1 N–H and O–H groups in total. The van der Waals surface area contributed by atoms with Crippen molar-refractivity contribution >= 4 is 5.91 Å². The van der Waals surface area contributed by atoms with Gasteiger partial charge in [-0.3, -0.25) is 14.7 Å². The number of rotatable bonds is 6. The van der Waals surface area contributed by atoms with Gasteiger partial charge in [0, 0.05) is 32.3 Å². The highest BCUT2D eigenvalue weighted by Gasteiger charge is 2.20. The molecule has 1 aromatic heterocycles. The maximum atomic E-state index is 11.2. The number of ether oxygens (including phenoxy) is 1. The standard InChI is InChI=1S/C20H25N3O2/c1-16(24)22-18-6-4-12-23(14-18)13-17-7-9-20(10-8-17)25-15-19-5-2-3-11-21-19/h2-3,5,7-11,18H,4,6,12-15H2,1H3,(H,22,24)/t18-/m0/s1. The minimum atomic E-state index is 0.0567. The number of hydrogen-bond acceptors (Lipinski definition) is 4. The van der Waals surface area contributed by atoms with Crippen LogP contribution in [0, 0.1) is 0 Å². The molecule has 1 aromatic carbocycles. The number of likely N-dealkylation sites (tertiary alicyclic amines) is 1. The highest BCUT2D eigenvalue weighted by molar-refractivity contribution is 5.73. The number of piperidine rings is 1. The van der Waals surface area contributed by atoms with Crippen molar-refractivity contribution in [3.63, 3.8) is 0 Å². The first-order valence-electron chi connectivity index (χ1n) is 8.80. The lowest BCUT2D eigenvalue weighted by Gasteiger charge is -2.33. The van der Waals surface area contributed by atoms with Crippen molar-refractivity contribution in [2.75, 3.05) is 13.1 Å². The van der Waals surface area contributed by atoms with Gasteiger partial charge >= 0.3 is 0 Å². The van der Waals surface area contributed by atoms with Gasteiger partial charge in [0.25, 0.3) is 0 Å². The largest absolute Gasteiger partial charge is 0.487 e. The maximum Gasteiger partial charge on any atom is 0.217 e. The van der Waals surface area contributed by atoms with E-state index in [9.17, 15) is 4.79 Å². The monoisotopic (exact) mass is 339 g/mol. The zero-order valence-corrected chi connectivity index (χ0v) is 14.6. The molecule has 2 aromatic rings. The predicted molar refractivity (Wildman–Crippen MR) is 97.1 cm³/mol. The Balaban J connectivity index is 1.49. The fourth-order valence-corrected chi connectivity index (χ4v) is 3.19. The number of carbonyl (C=O) groups excluding carboxylic acids is 1. The van der Waals surface area contributed by atoms with E-state index in [1.807, 2.05) is 30.3 Å². The molecule has 1 aliphatic rings. The summed E-state index contributed by atoms with van der Waals surface area (Å²) in [6.07, 6.45) is 3.96. The van der Waals surface area contributed by atoms with Crippen molar-refractivity contribution in [2.24, 2.45) is 0 Å². The number of benzene rings is 1. The Kier molecular flexibility index (Phi) is 6.01. The molecule has 2 heterocycles. The van der Waals surface area contributed by atoms with Crippen LogP contribution < -0.4 is 10.1 Å². The van der Waals surface area contributed by atoms with Gasteiger partial charge in [-0.1, -0.05) is 18.2 Å². The van der Waals surface area contributed by atoms with Crippen LogP contribution in [0.15, 0.2) is 48.7 Å². The average molecular weight is 339 g/mol. The Morgan fingerprint density at radius 1 is 1.28 bits per heavy atom. The summed E-state index contributed by atoms with van der Waals surface area (Å²) in [4.78, 5) is 17.9. The molecule has 1 saturated heterocycles. The molecule has 1 atom stereocenters. The zero-order chi connectivity index (χ0) is 17.5. The molecule has 132 valence electrons. The van der Waals surface area contributed by atoms with Crippen LogP contribution in [0.5, 0.6) is 5.75 Å². The second kappa shape index (κ2) is 8.62. The molecular weight excluding hydrogens is 314 g/mol. The highest BCUT2D eigenvalue weighted by atomic mass is 16.5. The Hall–Kier alpha value is -2.40. The quantitative estimate of drug-likeness (QED) is 0.879. The van der Waals surface area contributed by atoms with Gasteiger partial charge in [-0.15, -0.1) is 0 Å². The molecule has 1 fully saturated rings. The summed E-state index contributed by atoms with van der Waals surface area (Å²) in [7, 11) is 0. The Morgan fingerprint density at radius 2 is 2.12 bits per heavy atom. The summed E-state index contributed by atoms with van der Waals surface area (Å²) in [5, 5.41) is 3.03. The van der Waals surface area contributed by atoms with Gasteiger partial charge in [0.1, 0.15) is 12.4 Å². The van der Waals surface area contributed by atoms with Crippen LogP contribution in [0.4, 0.5) is 0 Å². The van der Waals surface area contributed by atoms with Gasteiger partial charge in [0.2, 0.25) is 5.91 Å². The number of nitrogens with one attached hydrogen (secondary N) is 1. The van der Waals surface area contributed by atoms with Gasteiger partial charge < -0.3 is 10.1 Å². The minimum Gasteiger partial charge on any atom is -0.487 e. The topological polar surface area (TPSA) is 54.5 Å². The molecule has 1 aliphatic heterocycles. The van der Waals surface area contributed by atoms with Gasteiger partial charge in [0.15, 0.2) is 0 Å². The third kappa shape index (κ3) is 5.57. The van der Waals surface area contributed by atoms with Crippen LogP contribution in [0.2, 0.25) is 0 Å². The highest BCUT2D eigenvalue weighted by Crippen LogP contribution is 2.17. The third-order valence-electron chi connectivity index (χ3n) is 4.36. The SMILES string of the molecule is CC(=O)N[C@H]1CCCN(Cc2ccc(OCc3ccccn3)cc2)C1. The summed E-state index contributed by atoms with van der Waals surface area (Å²) in [5.41, 5.74) is 2.18. The summed E-state index contributed by atoms with van der Waals surface area (Å²) in [5.74, 6) is 0.908. The Bertz CT molecular complexity index is 673. The predicted octanol–water partition coefficient (Wildman–Crippen LogP) is 2.76. The van der Waals surface area contributed by atoms with E-state index >= 15 is 0 Å². The van der Waals surface area contributed by atoms with Crippen molar-refractivity contribution < 1.29 is 9.53 Å². The molecule has 25 heavy (non-hydrogen) atoms. The minimum absolute atomic E-state index is 0.0567. The lowest BCUT2D eigenvalue weighted by atomic mass is 10.0. The Morgan fingerprint density at radius 3 is 2.84 bits per heavy atom. The smallest absolute Gasteiger partial charge is 0.217 e. The summed E-state index contributed by atoms with van der Waals surface area (Å²) >= 11 is 0. The average Bonchev–Trinajstić information content (AvgIpc) is 2.62. The maximum absolute atomic E-state index is 11.2. The molecule has 3 rings (SSSR count). The van der Waals surface area contributed by atoms with E-state index in [1.54, 1.807) is 13.1 Å². The lowest BCUT2D eigenvalue weighted by Crippen LogP contribution is -2.46. The molecule has 5 nitrogen and oxygen atoms in total. The first-order valence-corrected chi connectivity index (χ1v) is 8.80. The summed E-state index contributed by atoms with van der Waals surface area (Å²) < 4.78 is 5.77. The molecule has 0 saturated carbocycles. The lowest BCUT2D eigenvalue weighted by molar-refractivity contribution is -0.120. The second-order valence-corrected chi connectivity index (χ2v) is 6.53. The van der Waals surface area contributed by atoms with Crippen molar-refractivity contribution in [3.8, 4) is 5.75 Å². The van der Waals surface area contributed by atoms with E-state index in [4.69, 9.17) is 4.74 Å². The van der Waals surface area contributed by atoms with Gasteiger partial charge in [-0.2, -0.15) is 0 Å². The van der Waals surface area contributed by atoms with Crippen molar-refractivity contribution in [1.29, 1.82) is 0 Å². The zero-order valence-electron chi connectivity index (χ0n) is 14.6. The molecule has 0 aliphatic carbocycles. The van der Waals surface area contributed by atoms with Crippen molar-refractivity contribution in [1.82, 2.24) is 15.2 Å². The number of carbonyl (C=O) groups is 1. The van der Waals surface area contributed by atoms with E-state index in [2.05, 4.69) is 27.3 Å². The normalized spacial score (nSPS) is 17.9.